The predicted molar refractivity (Wildman–Crippen MR) is 166 cm³/mol. The number of nitrogens with zero attached hydrogens (tertiary/aromatic N) is 2. The van der Waals surface area contributed by atoms with Crippen LogP contribution in [-0.4, -0.2) is 88.3 Å². The molecule has 14 nitrogen and oxygen atoms in total. The molecule has 6 aliphatic heterocycles. The van der Waals surface area contributed by atoms with Crippen molar-refractivity contribution in [3.05, 3.63) is 71.6 Å². The van der Waals surface area contributed by atoms with Gasteiger partial charge in [0.1, 0.15) is 12.3 Å². The summed E-state index contributed by atoms with van der Waals surface area (Å²) in [6.07, 6.45) is 0.721. The molecule has 2 N–H and O–H groups in total. The molecule has 0 saturated carbocycles. The van der Waals surface area contributed by atoms with E-state index >= 15 is 0 Å². The van der Waals surface area contributed by atoms with Gasteiger partial charge in [-0.3, -0.25) is 9.59 Å². The van der Waals surface area contributed by atoms with Gasteiger partial charge in [-0.25, -0.2) is 4.79 Å². The number of β-lactam (4-membered cyclic amide) rings is 2. The average Bonchev–Trinajstić information content (AvgIpc) is 3.85. The second-order valence-corrected chi connectivity index (χ2v) is 12.5. The van der Waals surface area contributed by atoms with E-state index in [0.29, 0.717) is 52.5 Å². The molecule has 2 fully saturated rings. The van der Waals surface area contributed by atoms with Crippen LogP contribution >= 0.6 is 0 Å². The number of ether oxygens (including phenoxy) is 5. The number of hydrogen-bond donors (Lipinski definition) is 2. The fraction of sp³-hybridized carbons (Fsp3) is 0.371. The van der Waals surface area contributed by atoms with E-state index in [1.807, 2.05) is 6.07 Å². The van der Waals surface area contributed by atoms with Gasteiger partial charge in [0.2, 0.25) is 25.4 Å². The maximum Gasteiger partial charge on any atom is 1.00 e. The van der Waals surface area contributed by atoms with Crippen molar-refractivity contribution >= 4 is 34.9 Å². The molecule has 0 radical (unpaired) electrons. The molecule has 2 aromatic rings. The standard InChI is InChI=1S/C19H19NO6.C16H15NO6.Na/c1-3-6-24-19(23)17-12(8-13-16(10(2)21)18(22)20(13)17)11-4-5-14-15(7-11)26-9-25-14;1-7(18)13-10-5-9(14(16(20)21)17(10)15(13)19)8-2-3-11-12(4-8)23-6-22-11;/h3-5,7,10,13,16,21H,1,6,8-9H2,2H3;2-4,7,10,13,18H,5-6H2,1H3,(H,20,21);/q;;+1/p-1/t10-,13-,16-;7-,10-,13-;/m11./s1. The quantitative estimate of drug-likeness (QED) is 0.134. The van der Waals surface area contributed by atoms with E-state index in [4.69, 9.17) is 23.7 Å². The van der Waals surface area contributed by atoms with Gasteiger partial charge in [-0.1, -0.05) is 24.8 Å². The fourth-order valence-electron chi connectivity index (χ4n) is 7.40. The Kier molecular flexibility index (Phi) is 9.76. The van der Waals surface area contributed by atoms with E-state index in [1.54, 1.807) is 37.3 Å². The van der Waals surface area contributed by atoms with E-state index in [-0.39, 0.29) is 85.0 Å². The first kappa shape index (κ1) is 35.5. The molecule has 2 aromatic carbocycles. The molecule has 50 heavy (non-hydrogen) atoms. The Balaban J connectivity index is 0.000000171. The largest absolute Gasteiger partial charge is 1.00 e. The number of aliphatic hydroxyl groups excluding tert-OH is 2. The first-order valence-electron chi connectivity index (χ1n) is 15.8. The monoisotopic (exact) mass is 696 g/mol. The summed E-state index contributed by atoms with van der Waals surface area (Å²) in [5.74, 6) is -1.30. The SMILES string of the molecule is C=CCOC(=O)C1=C(c2ccc3c(c2)OCO3)C[C@@H]2[C@@H]([C@@H](C)O)C(=O)N12.C[C@@H](O)[C@H]1C(=O)N2C(C(=O)[O-])=C(c3ccc4c(c3)OCO4)C[C@H]12.[Na+]. The van der Waals surface area contributed by atoms with Crippen molar-refractivity contribution in [1.29, 1.82) is 0 Å². The van der Waals surface area contributed by atoms with Crippen LogP contribution in [0.5, 0.6) is 23.0 Å². The number of hydrogen-bond acceptors (Lipinski definition) is 12. The predicted octanol–water partition coefficient (Wildman–Crippen LogP) is -2.04. The normalized spacial score (nSPS) is 24.6. The Labute approximate surface area is 308 Å². The number of rotatable bonds is 8. The maximum atomic E-state index is 12.6. The minimum absolute atomic E-state index is 0. The minimum Gasteiger partial charge on any atom is -0.543 e. The van der Waals surface area contributed by atoms with Gasteiger partial charge in [-0.2, -0.15) is 0 Å². The molecule has 6 heterocycles. The van der Waals surface area contributed by atoms with Crippen molar-refractivity contribution in [3.63, 3.8) is 0 Å². The number of benzene rings is 2. The van der Waals surface area contributed by atoms with Crippen molar-refractivity contribution in [2.45, 2.75) is 51.0 Å². The second-order valence-electron chi connectivity index (χ2n) is 12.5. The molecule has 0 unspecified atom stereocenters. The molecule has 0 aliphatic carbocycles. The molecule has 6 atom stereocenters. The van der Waals surface area contributed by atoms with Crippen LogP contribution in [0, 0.1) is 11.8 Å². The number of carbonyl (C=O) groups is 4. The van der Waals surface area contributed by atoms with Gasteiger partial charge in [0.25, 0.3) is 0 Å². The van der Waals surface area contributed by atoms with Crippen molar-refractivity contribution in [2.24, 2.45) is 11.8 Å². The maximum absolute atomic E-state index is 12.6. The van der Waals surface area contributed by atoms with Crippen molar-refractivity contribution in [2.75, 3.05) is 20.2 Å². The Bertz CT molecular complexity index is 1850. The van der Waals surface area contributed by atoms with E-state index in [9.17, 15) is 34.5 Å². The third kappa shape index (κ3) is 5.74. The molecule has 2 saturated heterocycles. The van der Waals surface area contributed by atoms with Gasteiger partial charge in [0.15, 0.2) is 23.0 Å². The van der Waals surface area contributed by atoms with E-state index in [0.717, 1.165) is 5.56 Å². The number of carboxylic acid groups (broad SMARTS) is 1. The summed E-state index contributed by atoms with van der Waals surface area (Å²) < 4.78 is 26.5. The summed E-state index contributed by atoms with van der Waals surface area (Å²) in [5.41, 5.74) is 2.77. The molecule has 0 spiro atoms. The average molecular weight is 697 g/mol. The van der Waals surface area contributed by atoms with Crippen LogP contribution < -0.4 is 53.6 Å². The van der Waals surface area contributed by atoms with Gasteiger partial charge in [0, 0.05) is 0 Å². The van der Waals surface area contributed by atoms with Crippen LogP contribution in [0.4, 0.5) is 0 Å². The third-order valence-corrected chi connectivity index (χ3v) is 9.62. The van der Waals surface area contributed by atoms with Gasteiger partial charge < -0.3 is 53.6 Å². The van der Waals surface area contributed by atoms with Crippen LogP contribution in [0.1, 0.15) is 37.8 Å². The second kappa shape index (κ2) is 13.8. The minimum atomic E-state index is -1.39. The summed E-state index contributed by atoms with van der Waals surface area (Å²) >= 11 is 0. The zero-order valence-electron chi connectivity index (χ0n) is 27.6. The topological polar surface area (TPSA) is 184 Å². The van der Waals surface area contributed by atoms with Crippen molar-refractivity contribution < 1.29 is 87.7 Å². The Hall–Kier alpha value is -4.34. The number of carbonyl (C=O) groups excluding carboxylic acids is 4. The molecule has 8 rings (SSSR count). The Morgan fingerprint density at radius 2 is 1.28 bits per heavy atom. The van der Waals surface area contributed by atoms with Crippen molar-refractivity contribution in [3.8, 4) is 23.0 Å². The summed E-state index contributed by atoms with van der Waals surface area (Å²) in [7, 11) is 0. The summed E-state index contributed by atoms with van der Waals surface area (Å²) in [6.45, 7) is 7.01. The van der Waals surface area contributed by atoms with Crippen LogP contribution in [0.3, 0.4) is 0 Å². The van der Waals surface area contributed by atoms with Crippen LogP contribution in [0.2, 0.25) is 0 Å². The van der Waals surface area contributed by atoms with Crippen LogP contribution in [-0.2, 0) is 23.9 Å². The van der Waals surface area contributed by atoms with Gasteiger partial charge >= 0.3 is 35.5 Å². The Morgan fingerprint density at radius 1 is 0.840 bits per heavy atom. The number of carboxylic acids is 1. The first-order chi connectivity index (χ1) is 23.5. The molecule has 15 heteroatoms. The van der Waals surface area contributed by atoms with E-state index in [2.05, 4.69) is 6.58 Å². The zero-order valence-corrected chi connectivity index (χ0v) is 29.6. The third-order valence-electron chi connectivity index (χ3n) is 9.62. The number of esters is 1. The first-order valence-corrected chi connectivity index (χ1v) is 15.8. The number of fused-ring (bicyclic) bond motifs is 4. The van der Waals surface area contributed by atoms with Gasteiger partial charge in [0.05, 0.1) is 47.8 Å². The van der Waals surface area contributed by atoms with E-state index in [1.165, 1.54) is 22.8 Å². The van der Waals surface area contributed by atoms with Gasteiger partial charge in [-0.15, -0.1) is 0 Å². The zero-order chi connectivity index (χ0) is 34.7. The van der Waals surface area contributed by atoms with Crippen LogP contribution in [0.25, 0.3) is 11.1 Å². The summed E-state index contributed by atoms with van der Waals surface area (Å²) in [6, 6.07) is 9.98. The number of aliphatic carboxylic acids is 1. The molecular formula is C35H33N2NaO12. The van der Waals surface area contributed by atoms with Crippen LogP contribution in [0.15, 0.2) is 60.4 Å². The summed E-state index contributed by atoms with van der Waals surface area (Å²) in [4.78, 5) is 51.5. The smallest absolute Gasteiger partial charge is 0.543 e. The number of aliphatic hydroxyl groups is 2. The molecule has 2 amide bonds. The van der Waals surface area contributed by atoms with Gasteiger partial charge in [-0.05, 0) is 73.2 Å². The molecule has 256 valence electrons. The molecule has 6 aliphatic rings. The molecule has 0 bridgehead atoms. The fourth-order valence-corrected chi connectivity index (χ4v) is 7.40. The molecule has 0 aromatic heterocycles. The van der Waals surface area contributed by atoms with Crippen molar-refractivity contribution in [1.82, 2.24) is 9.80 Å². The van der Waals surface area contributed by atoms with E-state index < -0.39 is 36.0 Å². The summed E-state index contributed by atoms with van der Waals surface area (Å²) in [5, 5.41) is 31.2. The molecular weight excluding hydrogens is 663 g/mol. The number of amides is 2. The Morgan fingerprint density at radius 3 is 1.72 bits per heavy atom.